The van der Waals surface area contributed by atoms with E-state index in [9.17, 15) is 18.0 Å². The standard InChI is InChI=1S/C7H11F3N2O2/c8-7(9,10)12-6(13)11-4-5-2-1-3-14-5/h5H,1-4H2,(H2,11,12,13). The van der Waals surface area contributed by atoms with Crippen LogP contribution in [0.25, 0.3) is 0 Å². The summed E-state index contributed by atoms with van der Waals surface area (Å²) < 4.78 is 39.9. The minimum absolute atomic E-state index is 0.113. The highest BCUT2D eigenvalue weighted by atomic mass is 19.4. The molecule has 1 aliphatic heterocycles. The molecule has 0 aromatic rings. The summed E-state index contributed by atoms with van der Waals surface area (Å²) in [6.07, 6.45) is -3.19. The second-order valence-corrected chi connectivity index (χ2v) is 2.97. The zero-order valence-electron chi connectivity index (χ0n) is 7.36. The minimum Gasteiger partial charge on any atom is -0.376 e. The zero-order valence-corrected chi connectivity index (χ0v) is 7.36. The first-order valence-electron chi connectivity index (χ1n) is 4.22. The average Bonchev–Trinajstić information content (AvgIpc) is 2.49. The van der Waals surface area contributed by atoms with Crippen LogP contribution in [-0.2, 0) is 4.74 Å². The molecule has 0 radical (unpaired) electrons. The first kappa shape index (κ1) is 11.1. The predicted molar refractivity (Wildman–Crippen MR) is 41.6 cm³/mol. The summed E-state index contributed by atoms with van der Waals surface area (Å²) in [5, 5.41) is 2.92. The summed E-state index contributed by atoms with van der Waals surface area (Å²) in [6.45, 7) is 0.717. The van der Waals surface area contributed by atoms with E-state index >= 15 is 0 Å². The van der Waals surface area contributed by atoms with Crippen LogP contribution in [0.5, 0.6) is 0 Å². The second kappa shape index (κ2) is 4.50. The lowest BCUT2D eigenvalue weighted by atomic mass is 10.2. The molecule has 1 heterocycles. The number of hydrogen-bond acceptors (Lipinski definition) is 2. The maximum atomic E-state index is 11.6. The molecule has 1 fully saturated rings. The third kappa shape index (κ3) is 4.31. The number of halogens is 3. The van der Waals surface area contributed by atoms with Crippen molar-refractivity contribution in [1.29, 1.82) is 0 Å². The Labute approximate surface area is 78.8 Å². The van der Waals surface area contributed by atoms with Crippen molar-refractivity contribution < 1.29 is 22.7 Å². The average molecular weight is 212 g/mol. The second-order valence-electron chi connectivity index (χ2n) is 2.97. The van der Waals surface area contributed by atoms with Crippen LogP contribution >= 0.6 is 0 Å². The smallest absolute Gasteiger partial charge is 0.376 e. The molecule has 0 saturated carbocycles. The van der Waals surface area contributed by atoms with Crippen LogP contribution in [0.3, 0.4) is 0 Å². The monoisotopic (exact) mass is 212 g/mol. The lowest BCUT2D eigenvalue weighted by molar-refractivity contribution is -0.145. The van der Waals surface area contributed by atoms with Gasteiger partial charge in [-0.15, -0.1) is 0 Å². The van der Waals surface area contributed by atoms with Crippen molar-refractivity contribution in [2.24, 2.45) is 0 Å². The highest BCUT2D eigenvalue weighted by molar-refractivity contribution is 5.74. The summed E-state index contributed by atoms with van der Waals surface area (Å²) in [6, 6.07) is -1.24. The first-order chi connectivity index (χ1) is 6.47. The third-order valence-electron chi connectivity index (χ3n) is 1.77. The number of nitrogens with one attached hydrogen (secondary N) is 2. The van der Waals surface area contributed by atoms with Crippen molar-refractivity contribution >= 4 is 6.03 Å². The van der Waals surface area contributed by atoms with Crippen molar-refractivity contribution in [2.75, 3.05) is 13.2 Å². The normalized spacial score (nSPS) is 22.1. The molecule has 2 amide bonds. The van der Waals surface area contributed by atoms with Crippen molar-refractivity contribution in [3.05, 3.63) is 0 Å². The number of alkyl halides is 3. The highest BCUT2D eigenvalue weighted by Crippen LogP contribution is 2.11. The van der Waals surface area contributed by atoms with Crippen LogP contribution in [0.2, 0.25) is 0 Å². The van der Waals surface area contributed by atoms with Crippen LogP contribution in [0.1, 0.15) is 12.8 Å². The van der Waals surface area contributed by atoms with Crippen molar-refractivity contribution in [3.63, 3.8) is 0 Å². The molecule has 4 nitrogen and oxygen atoms in total. The molecular formula is C7H11F3N2O2. The Balaban J connectivity index is 2.14. The molecule has 1 rings (SSSR count). The summed E-state index contributed by atoms with van der Waals surface area (Å²) >= 11 is 0. The molecule has 1 atom stereocenters. The Morgan fingerprint density at radius 1 is 1.50 bits per heavy atom. The van der Waals surface area contributed by atoms with Crippen LogP contribution in [0, 0.1) is 0 Å². The third-order valence-corrected chi connectivity index (χ3v) is 1.77. The summed E-state index contributed by atoms with van der Waals surface area (Å²) in [5.74, 6) is 0. The number of ether oxygens (including phenoxy) is 1. The van der Waals surface area contributed by atoms with E-state index in [0.29, 0.717) is 6.61 Å². The van der Waals surface area contributed by atoms with Crippen LogP contribution in [0.4, 0.5) is 18.0 Å². The topological polar surface area (TPSA) is 50.4 Å². The Morgan fingerprint density at radius 3 is 2.71 bits per heavy atom. The van der Waals surface area contributed by atoms with Crippen molar-refractivity contribution in [2.45, 2.75) is 25.2 Å². The van der Waals surface area contributed by atoms with E-state index in [4.69, 9.17) is 4.74 Å². The van der Waals surface area contributed by atoms with Gasteiger partial charge in [-0.3, -0.25) is 0 Å². The van der Waals surface area contributed by atoms with E-state index in [2.05, 4.69) is 5.32 Å². The molecule has 0 bridgehead atoms. The molecule has 1 saturated heterocycles. The maximum Gasteiger partial charge on any atom is 0.485 e. The number of rotatable bonds is 2. The highest BCUT2D eigenvalue weighted by Gasteiger charge is 2.30. The van der Waals surface area contributed by atoms with Gasteiger partial charge < -0.3 is 10.1 Å². The fourth-order valence-corrected chi connectivity index (χ4v) is 1.18. The SMILES string of the molecule is O=C(NCC1CCCO1)NC(F)(F)F. The van der Waals surface area contributed by atoms with Gasteiger partial charge in [0.1, 0.15) is 0 Å². The van der Waals surface area contributed by atoms with Gasteiger partial charge in [-0.05, 0) is 12.8 Å². The number of carbonyl (C=O) groups is 1. The van der Waals surface area contributed by atoms with E-state index in [1.54, 1.807) is 0 Å². The fraction of sp³-hybridized carbons (Fsp3) is 0.857. The van der Waals surface area contributed by atoms with Gasteiger partial charge in [0, 0.05) is 13.2 Å². The number of amides is 2. The molecule has 0 aromatic carbocycles. The molecule has 1 unspecified atom stereocenters. The molecule has 0 aliphatic carbocycles. The molecule has 0 spiro atoms. The summed E-state index contributed by atoms with van der Waals surface area (Å²) in [4.78, 5) is 10.6. The molecule has 2 N–H and O–H groups in total. The lowest BCUT2D eigenvalue weighted by Crippen LogP contribution is -2.46. The van der Waals surface area contributed by atoms with Crippen LogP contribution < -0.4 is 10.6 Å². The molecule has 14 heavy (non-hydrogen) atoms. The van der Waals surface area contributed by atoms with Crippen molar-refractivity contribution in [3.8, 4) is 0 Å². The zero-order chi connectivity index (χ0) is 10.6. The van der Waals surface area contributed by atoms with E-state index in [1.807, 2.05) is 0 Å². The predicted octanol–water partition coefficient (Wildman–Crippen LogP) is 0.984. The quantitative estimate of drug-likeness (QED) is 0.670. The van der Waals surface area contributed by atoms with Gasteiger partial charge in [-0.2, -0.15) is 13.2 Å². The summed E-state index contributed by atoms with van der Waals surface area (Å²) in [5.41, 5.74) is 0. The van der Waals surface area contributed by atoms with Gasteiger partial charge in [-0.1, -0.05) is 0 Å². The van der Waals surface area contributed by atoms with Crippen molar-refractivity contribution in [1.82, 2.24) is 10.6 Å². The molecule has 1 aliphatic rings. The van der Waals surface area contributed by atoms with Gasteiger partial charge >= 0.3 is 12.3 Å². The Hall–Kier alpha value is -0.980. The minimum atomic E-state index is -4.68. The Morgan fingerprint density at radius 2 is 2.21 bits per heavy atom. The van der Waals surface area contributed by atoms with E-state index in [-0.39, 0.29) is 12.6 Å². The fourth-order valence-electron chi connectivity index (χ4n) is 1.18. The Bertz CT molecular complexity index is 202. The molecular weight excluding hydrogens is 201 g/mol. The lowest BCUT2D eigenvalue weighted by Gasteiger charge is -2.12. The molecule has 0 aromatic heterocycles. The van der Waals surface area contributed by atoms with Gasteiger partial charge in [0.05, 0.1) is 6.10 Å². The van der Waals surface area contributed by atoms with Gasteiger partial charge in [-0.25, -0.2) is 10.1 Å². The van der Waals surface area contributed by atoms with Crippen LogP contribution in [0.15, 0.2) is 0 Å². The number of urea groups is 1. The maximum absolute atomic E-state index is 11.6. The van der Waals surface area contributed by atoms with Gasteiger partial charge in [0.15, 0.2) is 0 Å². The van der Waals surface area contributed by atoms with Crippen LogP contribution in [-0.4, -0.2) is 31.6 Å². The number of carbonyl (C=O) groups excluding carboxylic acids is 1. The Kier molecular flexibility index (Phi) is 3.56. The van der Waals surface area contributed by atoms with Gasteiger partial charge in [0.2, 0.25) is 0 Å². The summed E-state index contributed by atoms with van der Waals surface area (Å²) in [7, 11) is 0. The van der Waals surface area contributed by atoms with E-state index in [1.165, 1.54) is 0 Å². The van der Waals surface area contributed by atoms with E-state index in [0.717, 1.165) is 18.2 Å². The largest absolute Gasteiger partial charge is 0.485 e. The molecule has 7 heteroatoms. The van der Waals surface area contributed by atoms with Gasteiger partial charge in [0.25, 0.3) is 0 Å². The van der Waals surface area contributed by atoms with E-state index < -0.39 is 12.3 Å². The molecule has 82 valence electrons. The number of hydrogen-bond donors (Lipinski definition) is 2. The first-order valence-corrected chi connectivity index (χ1v) is 4.22.